The third kappa shape index (κ3) is 3.48. The first kappa shape index (κ1) is 16.8. The zero-order valence-corrected chi connectivity index (χ0v) is 15.7. The summed E-state index contributed by atoms with van der Waals surface area (Å²) < 4.78 is 2.90. The Labute approximate surface area is 160 Å². The molecule has 1 amide bonds. The summed E-state index contributed by atoms with van der Waals surface area (Å²) in [5, 5.41) is 8.64. The van der Waals surface area contributed by atoms with E-state index in [4.69, 9.17) is 0 Å². The van der Waals surface area contributed by atoms with Crippen molar-refractivity contribution in [2.24, 2.45) is 0 Å². The molecule has 4 rings (SSSR count). The highest BCUT2D eigenvalue weighted by atomic mass is 79.9. The molecule has 0 unspecified atom stereocenters. The van der Waals surface area contributed by atoms with E-state index in [9.17, 15) is 4.79 Å². The minimum Gasteiger partial charge on any atom is -0.352 e. The number of hydrogen-bond acceptors (Lipinski definition) is 4. The summed E-state index contributed by atoms with van der Waals surface area (Å²) in [6, 6.07) is 15.3. The molecule has 3 heterocycles. The average molecular weight is 412 g/mol. The number of hydrogen-bond donors (Lipinski definition) is 0. The van der Waals surface area contributed by atoms with Crippen LogP contribution in [0.3, 0.4) is 0 Å². The van der Waals surface area contributed by atoms with Crippen molar-refractivity contribution in [3.63, 3.8) is 0 Å². The van der Waals surface area contributed by atoms with Gasteiger partial charge in [0.1, 0.15) is 0 Å². The van der Waals surface area contributed by atoms with Crippen LogP contribution in [0.5, 0.6) is 0 Å². The number of halogens is 1. The predicted octanol–water partition coefficient (Wildman–Crippen LogP) is 2.99. The van der Waals surface area contributed by atoms with Gasteiger partial charge in [-0.1, -0.05) is 15.9 Å². The summed E-state index contributed by atoms with van der Waals surface area (Å²) in [5.41, 5.74) is 0.720. The first-order valence-corrected chi connectivity index (χ1v) is 9.27. The Hall–Kier alpha value is -2.67. The van der Waals surface area contributed by atoms with Gasteiger partial charge in [-0.05, 0) is 48.5 Å². The molecule has 3 aromatic rings. The number of piperazine rings is 1. The molecule has 1 aliphatic rings. The summed E-state index contributed by atoms with van der Waals surface area (Å²) in [5.74, 6) is 1.71. The van der Waals surface area contributed by atoms with E-state index in [1.165, 1.54) is 0 Å². The van der Waals surface area contributed by atoms with Crippen molar-refractivity contribution >= 4 is 27.7 Å². The van der Waals surface area contributed by atoms with Gasteiger partial charge >= 0.3 is 0 Å². The number of aromatic nitrogens is 3. The molecule has 0 aliphatic carbocycles. The Morgan fingerprint density at radius 1 is 0.846 bits per heavy atom. The Kier molecular flexibility index (Phi) is 4.71. The van der Waals surface area contributed by atoms with Gasteiger partial charge in [-0.15, -0.1) is 10.2 Å². The molecule has 0 saturated carbocycles. The molecule has 0 radical (unpaired) electrons. The number of amides is 1. The second kappa shape index (κ2) is 7.29. The van der Waals surface area contributed by atoms with Crippen LogP contribution in [0, 0.1) is 0 Å². The van der Waals surface area contributed by atoms with Crippen molar-refractivity contribution < 1.29 is 4.79 Å². The van der Waals surface area contributed by atoms with E-state index < -0.39 is 0 Å². The zero-order valence-electron chi connectivity index (χ0n) is 14.1. The fourth-order valence-electron chi connectivity index (χ4n) is 3.03. The smallest absolute Gasteiger partial charge is 0.253 e. The molecule has 1 aliphatic heterocycles. The van der Waals surface area contributed by atoms with E-state index in [-0.39, 0.29) is 5.91 Å². The zero-order chi connectivity index (χ0) is 17.9. The molecule has 2 aromatic heterocycles. The molecule has 132 valence electrons. The van der Waals surface area contributed by atoms with Crippen molar-refractivity contribution in [1.82, 2.24) is 19.7 Å². The van der Waals surface area contributed by atoms with Crippen LogP contribution in [0.15, 0.2) is 65.4 Å². The first-order valence-electron chi connectivity index (χ1n) is 8.47. The van der Waals surface area contributed by atoms with Crippen LogP contribution in [0.25, 0.3) is 5.82 Å². The van der Waals surface area contributed by atoms with Crippen molar-refractivity contribution in [3.8, 4) is 5.82 Å². The second-order valence-electron chi connectivity index (χ2n) is 6.13. The Morgan fingerprint density at radius 3 is 2.08 bits per heavy atom. The van der Waals surface area contributed by atoms with Crippen molar-refractivity contribution in [1.29, 1.82) is 0 Å². The first-order chi connectivity index (χ1) is 12.7. The van der Waals surface area contributed by atoms with Crippen LogP contribution in [-0.2, 0) is 0 Å². The van der Waals surface area contributed by atoms with Crippen LogP contribution < -0.4 is 4.90 Å². The third-order valence-electron chi connectivity index (χ3n) is 4.49. The highest BCUT2D eigenvalue weighted by Gasteiger charge is 2.23. The number of anilines is 1. The van der Waals surface area contributed by atoms with Gasteiger partial charge in [-0.3, -0.25) is 4.79 Å². The SMILES string of the molecule is O=C(c1ccc(Br)cc1)N1CCN(c2ccc(-n3cccc3)nn2)CC1. The van der Waals surface area contributed by atoms with E-state index in [1.54, 1.807) is 0 Å². The highest BCUT2D eigenvalue weighted by molar-refractivity contribution is 9.10. The van der Waals surface area contributed by atoms with Crippen molar-refractivity contribution in [2.75, 3.05) is 31.1 Å². The Bertz CT molecular complexity index is 869. The van der Waals surface area contributed by atoms with Gasteiger partial charge in [-0.25, -0.2) is 0 Å². The lowest BCUT2D eigenvalue weighted by Gasteiger charge is -2.35. The highest BCUT2D eigenvalue weighted by Crippen LogP contribution is 2.17. The molecule has 0 N–H and O–H groups in total. The number of rotatable bonds is 3. The van der Waals surface area contributed by atoms with Gasteiger partial charge in [0.15, 0.2) is 11.6 Å². The summed E-state index contributed by atoms with van der Waals surface area (Å²) in [6.07, 6.45) is 3.88. The molecule has 1 fully saturated rings. The lowest BCUT2D eigenvalue weighted by molar-refractivity contribution is 0.0746. The average Bonchev–Trinajstić information content (AvgIpc) is 3.23. The number of nitrogens with zero attached hydrogens (tertiary/aromatic N) is 5. The van der Waals surface area contributed by atoms with E-state index in [2.05, 4.69) is 31.0 Å². The molecule has 7 heteroatoms. The molecule has 0 spiro atoms. The van der Waals surface area contributed by atoms with Gasteiger partial charge in [0, 0.05) is 48.6 Å². The standard InChI is InChI=1S/C19H18BrN5O/c20-16-5-3-15(4-6-16)19(26)25-13-11-24(12-14-25)18-8-7-17(21-22-18)23-9-1-2-10-23/h1-10H,11-14H2. The van der Waals surface area contributed by atoms with Crippen LogP contribution >= 0.6 is 15.9 Å². The third-order valence-corrected chi connectivity index (χ3v) is 5.02. The summed E-state index contributed by atoms with van der Waals surface area (Å²) in [4.78, 5) is 16.6. The van der Waals surface area contributed by atoms with Gasteiger partial charge in [0.2, 0.25) is 0 Å². The minimum atomic E-state index is 0.0752. The molecule has 0 bridgehead atoms. The van der Waals surface area contributed by atoms with Gasteiger partial charge < -0.3 is 14.4 Å². The molecule has 1 saturated heterocycles. The van der Waals surface area contributed by atoms with Gasteiger partial charge in [0.05, 0.1) is 0 Å². The molecule has 1 aromatic carbocycles. The largest absolute Gasteiger partial charge is 0.352 e. The van der Waals surface area contributed by atoms with Crippen LogP contribution in [0.2, 0.25) is 0 Å². The monoisotopic (exact) mass is 411 g/mol. The fraction of sp³-hybridized carbons (Fsp3) is 0.211. The van der Waals surface area contributed by atoms with E-state index in [1.807, 2.05) is 70.4 Å². The molecule has 26 heavy (non-hydrogen) atoms. The maximum Gasteiger partial charge on any atom is 0.253 e. The molecule has 6 nitrogen and oxygen atoms in total. The molecular formula is C19H18BrN5O. The van der Waals surface area contributed by atoms with E-state index in [0.29, 0.717) is 13.1 Å². The Balaban J connectivity index is 1.39. The van der Waals surface area contributed by atoms with E-state index >= 15 is 0 Å². The number of carbonyl (C=O) groups excluding carboxylic acids is 1. The fourth-order valence-corrected chi connectivity index (χ4v) is 3.29. The topological polar surface area (TPSA) is 54.3 Å². The quantitative estimate of drug-likeness (QED) is 0.664. The summed E-state index contributed by atoms with van der Waals surface area (Å²) >= 11 is 3.40. The van der Waals surface area contributed by atoms with Crippen LogP contribution in [0.1, 0.15) is 10.4 Å². The van der Waals surface area contributed by atoms with Crippen molar-refractivity contribution in [2.45, 2.75) is 0 Å². The van der Waals surface area contributed by atoms with Gasteiger partial charge in [-0.2, -0.15) is 0 Å². The normalized spacial score (nSPS) is 14.5. The van der Waals surface area contributed by atoms with Crippen LogP contribution in [0.4, 0.5) is 5.82 Å². The number of carbonyl (C=O) groups is 1. The lowest BCUT2D eigenvalue weighted by Crippen LogP contribution is -2.49. The summed E-state index contributed by atoms with van der Waals surface area (Å²) in [6.45, 7) is 2.85. The summed E-state index contributed by atoms with van der Waals surface area (Å²) in [7, 11) is 0. The van der Waals surface area contributed by atoms with Crippen molar-refractivity contribution in [3.05, 3.63) is 71.0 Å². The Morgan fingerprint density at radius 2 is 1.46 bits per heavy atom. The van der Waals surface area contributed by atoms with Gasteiger partial charge in [0.25, 0.3) is 5.91 Å². The van der Waals surface area contributed by atoms with E-state index in [0.717, 1.165) is 34.8 Å². The molecule has 0 atom stereocenters. The number of benzene rings is 1. The lowest BCUT2D eigenvalue weighted by atomic mass is 10.2. The minimum absolute atomic E-state index is 0.0752. The molecular weight excluding hydrogens is 394 g/mol. The maximum absolute atomic E-state index is 12.6. The maximum atomic E-state index is 12.6. The predicted molar refractivity (Wildman–Crippen MR) is 104 cm³/mol. The van der Waals surface area contributed by atoms with Crippen LogP contribution in [-0.4, -0.2) is 51.8 Å². The second-order valence-corrected chi connectivity index (χ2v) is 7.04.